The van der Waals surface area contributed by atoms with Crippen LogP contribution in [0.3, 0.4) is 0 Å². The van der Waals surface area contributed by atoms with Gasteiger partial charge in [-0.05, 0) is 37.6 Å². The fourth-order valence-electron chi connectivity index (χ4n) is 3.49. The summed E-state index contributed by atoms with van der Waals surface area (Å²) in [5, 5.41) is 2.89. The van der Waals surface area contributed by atoms with Crippen molar-refractivity contribution in [2.45, 2.75) is 25.3 Å². The van der Waals surface area contributed by atoms with E-state index in [0.29, 0.717) is 6.54 Å². The highest BCUT2D eigenvalue weighted by Crippen LogP contribution is 2.23. The fourth-order valence-corrected chi connectivity index (χ4v) is 3.49. The third-order valence-electron chi connectivity index (χ3n) is 5.12. The Morgan fingerprint density at radius 1 is 1.19 bits per heavy atom. The maximum absolute atomic E-state index is 12.6. The molecule has 2 aromatic heterocycles. The number of likely N-dealkylation sites (tertiary alicyclic amines) is 1. The third kappa shape index (κ3) is 4.16. The van der Waals surface area contributed by atoms with Crippen molar-refractivity contribution in [1.82, 2.24) is 24.3 Å². The monoisotopic (exact) mass is 371 g/mol. The normalized spacial score (nSPS) is 16.1. The molecule has 1 amide bonds. The van der Waals surface area contributed by atoms with Gasteiger partial charge >= 0.3 is 5.69 Å². The standard InChI is InChI=1S/C19H25N5O3/c1-22-15(11-17(25)23(2)19(22)27)18(26)21-13-16(14-7-6-8-20-12-14)24-9-4-3-5-10-24/h6-8,11-12,16H,3-5,9-10,13H2,1-2H3,(H,21,26)/t16-/m0/s1. The second-order valence-corrected chi connectivity index (χ2v) is 6.88. The van der Waals surface area contributed by atoms with E-state index >= 15 is 0 Å². The topological polar surface area (TPSA) is 89.2 Å². The number of piperidine rings is 1. The molecule has 1 fully saturated rings. The summed E-state index contributed by atoms with van der Waals surface area (Å²) < 4.78 is 2.17. The summed E-state index contributed by atoms with van der Waals surface area (Å²) in [6.07, 6.45) is 7.03. The minimum atomic E-state index is -0.521. The van der Waals surface area contributed by atoms with Gasteiger partial charge in [0, 0.05) is 39.1 Å². The molecule has 1 atom stereocenters. The molecular formula is C19H25N5O3. The molecule has 3 rings (SSSR count). The van der Waals surface area contributed by atoms with E-state index in [-0.39, 0.29) is 11.7 Å². The van der Waals surface area contributed by atoms with Crippen LogP contribution in [-0.2, 0) is 14.1 Å². The first-order valence-corrected chi connectivity index (χ1v) is 9.18. The molecule has 2 aromatic rings. The molecule has 0 aliphatic carbocycles. The summed E-state index contributed by atoms with van der Waals surface area (Å²) in [5.41, 5.74) is 0.0832. The lowest BCUT2D eigenvalue weighted by Gasteiger charge is -2.34. The van der Waals surface area contributed by atoms with Crippen LogP contribution in [-0.4, -0.2) is 44.6 Å². The van der Waals surface area contributed by atoms with E-state index in [1.165, 1.54) is 31.1 Å². The molecule has 0 saturated carbocycles. The van der Waals surface area contributed by atoms with Crippen LogP contribution in [0.5, 0.6) is 0 Å². The second kappa shape index (κ2) is 8.30. The van der Waals surface area contributed by atoms with E-state index in [9.17, 15) is 14.4 Å². The molecule has 0 unspecified atom stereocenters. The lowest BCUT2D eigenvalue weighted by Crippen LogP contribution is -2.44. The molecule has 3 heterocycles. The minimum Gasteiger partial charge on any atom is -0.349 e. The van der Waals surface area contributed by atoms with Crippen LogP contribution in [0.4, 0.5) is 0 Å². The summed E-state index contributed by atoms with van der Waals surface area (Å²) >= 11 is 0. The molecule has 1 saturated heterocycles. The predicted molar refractivity (Wildman–Crippen MR) is 102 cm³/mol. The van der Waals surface area contributed by atoms with Crippen molar-refractivity contribution < 1.29 is 4.79 Å². The van der Waals surface area contributed by atoms with Crippen molar-refractivity contribution in [2.75, 3.05) is 19.6 Å². The molecule has 0 spiro atoms. The van der Waals surface area contributed by atoms with Gasteiger partial charge in [0.05, 0.1) is 6.04 Å². The second-order valence-electron chi connectivity index (χ2n) is 6.88. The zero-order valence-corrected chi connectivity index (χ0v) is 15.7. The summed E-state index contributed by atoms with van der Waals surface area (Å²) in [6, 6.07) is 5.09. The van der Waals surface area contributed by atoms with Gasteiger partial charge in [0.15, 0.2) is 0 Å². The lowest BCUT2D eigenvalue weighted by molar-refractivity contribution is 0.0914. The van der Waals surface area contributed by atoms with Crippen LogP contribution in [0.2, 0.25) is 0 Å². The largest absolute Gasteiger partial charge is 0.349 e. The van der Waals surface area contributed by atoms with E-state index in [1.54, 1.807) is 6.20 Å². The fraction of sp³-hybridized carbons (Fsp3) is 0.474. The average Bonchev–Trinajstić information content (AvgIpc) is 2.70. The van der Waals surface area contributed by atoms with Crippen LogP contribution in [0.1, 0.15) is 41.4 Å². The maximum atomic E-state index is 12.6. The molecule has 0 bridgehead atoms. The Morgan fingerprint density at radius 2 is 1.93 bits per heavy atom. The number of nitrogens with one attached hydrogen (secondary N) is 1. The maximum Gasteiger partial charge on any atom is 0.331 e. The molecule has 1 N–H and O–H groups in total. The quantitative estimate of drug-likeness (QED) is 0.824. The van der Waals surface area contributed by atoms with Crippen molar-refractivity contribution >= 4 is 5.91 Å². The smallest absolute Gasteiger partial charge is 0.331 e. The van der Waals surface area contributed by atoms with Gasteiger partial charge in [0.2, 0.25) is 0 Å². The van der Waals surface area contributed by atoms with E-state index in [2.05, 4.69) is 15.2 Å². The summed E-state index contributed by atoms with van der Waals surface area (Å²) in [6.45, 7) is 2.33. The van der Waals surface area contributed by atoms with Crippen molar-refractivity contribution in [3.05, 3.63) is 62.7 Å². The molecule has 1 aliphatic heterocycles. The highest BCUT2D eigenvalue weighted by Gasteiger charge is 2.24. The first kappa shape index (κ1) is 19.0. The molecular weight excluding hydrogens is 346 g/mol. The van der Waals surface area contributed by atoms with Crippen LogP contribution in [0.25, 0.3) is 0 Å². The van der Waals surface area contributed by atoms with Crippen molar-refractivity contribution in [3.63, 3.8) is 0 Å². The van der Waals surface area contributed by atoms with Gasteiger partial charge in [-0.15, -0.1) is 0 Å². The summed E-state index contributed by atoms with van der Waals surface area (Å²) in [4.78, 5) is 43.1. The van der Waals surface area contributed by atoms with Crippen molar-refractivity contribution in [1.29, 1.82) is 0 Å². The number of hydrogen-bond donors (Lipinski definition) is 1. The summed E-state index contributed by atoms with van der Waals surface area (Å²) in [5.74, 6) is -0.432. The van der Waals surface area contributed by atoms with Crippen LogP contribution in [0.15, 0.2) is 40.2 Å². The molecule has 27 heavy (non-hydrogen) atoms. The molecule has 1 aliphatic rings. The number of hydrogen-bond acceptors (Lipinski definition) is 5. The number of carbonyl (C=O) groups is 1. The van der Waals surface area contributed by atoms with Crippen LogP contribution in [0, 0.1) is 0 Å². The van der Waals surface area contributed by atoms with Gasteiger partial charge in [0.25, 0.3) is 11.5 Å². The van der Waals surface area contributed by atoms with Crippen LogP contribution < -0.4 is 16.6 Å². The van der Waals surface area contributed by atoms with Gasteiger partial charge in [-0.3, -0.25) is 28.6 Å². The van der Waals surface area contributed by atoms with Gasteiger partial charge in [-0.1, -0.05) is 12.5 Å². The molecule has 0 radical (unpaired) electrons. The van der Waals surface area contributed by atoms with Crippen molar-refractivity contribution in [3.8, 4) is 0 Å². The Labute approximate surface area is 157 Å². The Kier molecular flexibility index (Phi) is 5.85. The number of carbonyl (C=O) groups excluding carboxylic acids is 1. The van der Waals surface area contributed by atoms with E-state index in [1.807, 2.05) is 18.3 Å². The first-order valence-electron chi connectivity index (χ1n) is 9.18. The van der Waals surface area contributed by atoms with E-state index < -0.39 is 17.2 Å². The zero-order chi connectivity index (χ0) is 19.4. The van der Waals surface area contributed by atoms with Crippen molar-refractivity contribution in [2.24, 2.45) is 14.1 Å². The first-order chi connectivity index (χ1) is 13.0. The van der Waals surface area contributed by atoms with E-state index in [0.717, 1.165) is 36.1 Å². The highest BCUT2D eigenvalue weighted by molar-refractivity contribution is 5.92. The Hall–Kier alpha value is -2.74. The van der Waals surface area contributed by atoms with E-state index in [4.69, 9.17) is 0 Å². The molecule has 0 aromatic carbocycles. The molecule has 144 valence electrons. The lowest BCUT2D eigenvalue weighted by atomic mass is 10.0. The SMILES string of the molecule is Cn1c(C(=O)NC[C@@H](c2cccnc2)N2CCCCC2)cc(=O)n(C)c1=O. The molecule has 8 nitrogen and oxygen atoms in total. The molecule has 8 heteroatoms. The average molecular weight is 371 g/mol. The summed E-state index contributed by atoms with van der Waals surface area (Å²) in [7, 11) is 2.88. The van der Waals surface area contributed by atoms with Gasteiger partial charge < -0.3 is 5.32 Å². The zero-order valence-electron chi connectivity index (χ0n) is 15.7. The van der Waals surface area contributed by atoms with Gasteiger partial charge in [-0.25, -0.2) is 4.79 Å². The van der Waals surface area contributed by atoms with Gasteiger partial charge in [-0.2, -0.15) is 0 Å². The predicted octanol–water partition coefficient (Wildman–Crippen LogP) is 0.436. The number of nitrogens with zero attached hydrogens (tertiary/aromatic N) is 4. The van der Waals surface area contributed by atoms with Gasteiger partial charge in [0.1, 0.15) is 5.69 Å². The number of aromatic nitrogens is 3. The third-order valence-corrected chi connectivity index (χ3v) is 5.12. The number of amides is 1. The highest BCUT2D eigenvalue weighted by atomic mass is 16.2. The number of pyridine rings is 1. The number of rotatable bonds is 5. The minimum absolute atomic E-state index is 0.00604. The van der Waals surface area contributed by atoms with Crippen LogP contribution >= 0.6 is 0 Å². The Bertz CT molecular complexity index is 913. The Morgan fingerprint density at radius 3 is 2.59 bits per heavy atom. The Balaban J connectivity index is 1.80.